The van der Waals surface area contributed by atoms with E-state index in [1.165, 1.54) is 25.0 Å². The van der Waals surface area contributed by atoms with Crippen LogP contribution in [0, 0.1) is 5.82 Å². The number of fused-ring (bicyclic) bond motifs is 1. The van der Waals surface area contributed by atoms with Gasteiger partial charge in [-0.3, -0.25) is 4.79 Å². The molecule has 1 saturated carbocycles. The molecule has 0 radical (unpaired) electrons. The second kappa shape index (κ2) is 11.6. The quantitative estimate of drug-likeness (QED) is 0.316. The van der Waals surface area contributed by atoms with Crippen LogP contribution in [0.1, 0.15) is 25.7 Å². The Morgan fingerprint density at radius 1 is 0.925 bits per heavy atom. The highest BCUT2D eigenvalue weighted by Crippen LogP contribution is 2.30. The first-order chi connectivity index (χ1) is 19.5. The van der Waals surface area contributed by atoms with Crippen molar-refractivity contribution in [2.75, 3.05) is 43.0 Å². The summed E-state index contributed by atoms with van der Waals surface area (Å²) >= 11 is 5.93. The number of amides is 1. The number of nitrogens with one attached hydrogen (secondary N) is 1. The lowest BCUT2D eigenvalue weighted by Crippen LogP contribution is -2.50. The van der Waals surface area contributed by atoms with Crippen molar-refractivity contribution in [1.82, 2.24) is 19.9 Å². The molecule has 3 heterocycles. The van der Waals surface area contributed by atoms with E-state index in [2.05, 4.69) is 10.2 Å². The molecular formula is C30H30ClFN6O2. The van der Waals surface area contributed by atoms with Gasteiger partial charge in [-0.1, -0.05) is 24.4 Å². The van der Waals surface area contributed by atoms with Gasteiger partial charge in [-0.05, 0) is 73.5 Å². The van der Waals surface area contributed by atoms with Crippen molar-refractivity contribution < 1.29 is 13.9 Å². The molecule has 0 unspecified atom stereocenters. The summed E-state index contributed by atoms with van der Waals surface area (Å²) in [6.07, 6.45) is 4.63. The maximum absolute atomic E-state index is 13.5. The number of benzene rings is 2. The van der Waals surface area contributed by atoms with Crippen molar-refractivity contribution >= 4 is 40.3 Å². The van der Waals surface area contributed by atoms with Gasteiger partial charge in [0, 0.05) is 42.8 Å². The molecule has 2 aliphatic rings. The third kappa shape index (κ3) is 5.94. The van der Waals surface area contributed by atoms with Crippen LogP contribution in [0.4, 0.5) is 16.2 Å². The van der Waals surface area contributed by atoms with Crippen LogP contribution in [0.25, 0.3) is 22.3 Å². The molecule has 4 aromatic rings. The monoisotopic (exact) mass is 560 g/mol. The summed E-state index contributed by atoms with van der Waals surface area (Å²) in [4.78, 5) is 31.5. The Labute approximate surface area is 237 Å². The fourth-order valence-electron chi connectivity index (χ4n) is 5.25. The largest absolute Gasteiger partial charge is 0.484 e. The minimum absolute atomic E-state index is 0.0316. The molecule has 0 bridgehead atoms. The summed E-state index contributed by atoms with van der Waals surface area (Å²) in [5, 5.41) is 4.14. The van der Waals surface area contributed by atoms with Crippen LogP contribution >= 0.6 is 11.6 Å². The Hall–Kier alpha value is -3.98. The van der Waals surface area contributed by atoms with Crippen LogP contribution < -0.4 is 15.0 Å². The van der Waals surface area contributed by atoms with Crippen molar-refractivity contribution in [2.24, 2.45) is 0 Å². The minimum atomic E-state index is -0.290. The Bertz CT molecular complexity index is 1490. The SMILES string of the molecule is O=C(COc1ccc(Cl)cc1)N1CCN(c2nc(NC3CCCC3)nc3ccc(-c4ccc(F)cc4)nc23)CC1. The molecule has 2 fully saturated rings. The van der Waals surface area contributed by atoms with Gasteiger partial charge in [0.05, 0.1) is 11.2 Å². The zero-order chi connectivity index (χ0) is 27.5. The standard InChI is InChI=1S/C30H30ClFN6O2/c31-21-7-11-24(12-8-21)40-19-27(39)37-15-17-38(18-16-37)29-28-26(35-30(36-29)33-23-3-1-2-4-23)14-13-25(34-28)20-5-9-22(32)10-6-20/h5-14,23H,1-4,15-19H2,(H,33,35,36). The van der Waals surface area contributed by atoms with Gasteiger partial charge in [0.2, 0.25) is 5.95 Å². The zero-order valence-electron chi connectivity index (χ0n) is 22.0. The highest BCUT2D eigenvalue weighted by atomic mass is 35.5. The summed E-state index contributed by atoms with van der Waals surface area (Å²) in [6, 6.07) is 17.5. The van der Waals surface area contributed by atoms with E-state index in [0.29, 0.717) is 54.5 Å². The first-order valence-electron chi connectivity index (χ1n) is 13.6. The van der Waals surface area contributed by atoms with Gasteiger partial charge in [0.15, 0.2) is 12.4 Å². The molecule has 206 valence electrons. The van der Waals surface area contributed by atoms with Crippen LogP contribution in [0.5, 0.6) is 5.75 Å². The number of aromatic nitrogens is 3. The normalized spacial score (nSPS) is 15.9. The maximum Gasteiger partial charge on any atom is 0.260 e. The van der Waals surface area contributed by atoms with Crippen molar-refractivity contribution in [3.05, 3.63) is 71.5 Å². The van der Waals surface area contributed by atoms with Gasteiger partial charge in [0.1, 0.15) is 17.1 Å². The number of hydrogen-bond donors (Lipinski definition) is 1. The molecule has 40 heavy (non-hydrogen) atoms. The van der Waals surface area contributed by atoms with E-state index in [4.69, 9.17) is 31.3 Å². The molecule has 1 amide bonds. The van der Waals surface area contributed by atoms with E-state index in [9.17, 15) is 9.18 Å². The summed E-state index contributed by atoms with van der Waals surface area (Å²) in [5.41, 5.74) is 2.97. The van der Waals surface area contributed by atoms with E-state index in [1.54, 1.807) is 36.4 Å². The van der Waals surface area contributed by atoms with E-state index in [1.807, 2.05) is 17.0 Å². The van der Waals surface area contributed by atoms with Crippen molar-refractivity contribution in [2.45, 2.75) is 31.7 Å². The smallest absolute Gasteiger partial charge is 0.260 e. The topological polar surface area (TPSA) is 83.5 Å². The van der Waals surface area contributed by atoms with E-state index >= 15 is 0 Å². The van der Waals surface area contributed by atoms with Gasteiger partial charge >= 0.3 is 0 Å². The van der Waals surface area contributed by atoms with Crippen molar-refractivity contribution in [3.8, 4) is 17.0 Å². The first kappa shape index (κ1) is 26.3. The number of piperazine rings is 1. The number of rotatable bonds is 7. The van der Waals surface area contributed by atoms with Gasteiger partial charge in [-0.15, -0.1) is 0 Å². The molecule has 2 aromatic carbocycles. The predicted octanol–water partition coefficient (Wildman–Crippen LogP) is 5.57. The number of pyridine rings is 1. The molecule has 1 aliphatic carbocycles. The summed E-state index contributed by atoms with van der Waals surface area (Å²) in [7, 11) is 0. The third-order valence-corrected chi connectivity index (χ3v) is 7.71. The molecule has 0 atom stereocenters. The lowest BCUT2D eigenvalue weighted by atomic mass is 10.1. The van der Waals surface area contributed by atoms with Crippen LogP contribution in [0.15, 0.2) is 60.7 Å². The van der Waals surface area contributed by atoms with Crippen molar-refractivity contribution in [3.63, 3.8) is 0 Å². The zero-order valence-corrected chi connectivity index (χ0v) is 22.8. The average molecular weight is 561 g/mol. The van der Waals surface area contributed by atoms with E-state index < -0.39 is 0 Å². The second-order valence-corrected chi connectivity index (χ2v) is 10.6. The van der Waals surface area contributed by atoms with Crippen LogP contribution in [0.2, 0.25) is 5.02 Å². The highest BCUT2D eigenvalue weighted by molar-refractivity contribution is 6.30. The molecule has 6 rings (SSSR count). The lowest BCUT2D eigenvalue weighted by Gasteiger charge is -2.35. The fourth-order valence-corrected chi connectivity index (χ4v) is 5.38. The van der Waals surface area contributed by atoms with Crippen LogP contribution in [-0.2, 0) is 4.79 Å². The number of ether oxygens (including phenoxy) is 1. The predicted molar refractivity (Wildman–Crippen MR) is 154 cm³/mol. The summed E-state index contributed by atoms with van der Waals surface area (Å²) in [5.74, 6) is 1.58. The first-order valence-corrected chi connectivity index (χ1v) is 14.0. The number of carbonyl (C=O) groups is 1. The third-order valence-electron chi connectivity index (χ3n) is 7.46. The Balaban J connectivity index is 1.22. The van der Waals surface area contributed by atoms with Crippen LogP contribution in [-0.4, -0.2) is 64.6 Å². The molecule has 1 N–H and O–H groups in total. The van der Waals surface area contributed by atoms with Gasteiger partial charge < -0.3 is 19.9 Å². The molecule has 1 aliphatic heterocycles. The molecule has 0 spiro atoms. The number of carbonyl (C=O) groups excluding carboxylic acids is 1. The number of nitrogens with zero attached hydrogens (tertiary/aromatic N) is 5. The number of anilines is 2. The second-order valence-electron chi connectivity index (χ2n) is 10.2. The number of halogens is 2. The molecule has 2 aromatic heterocycles. The Morgan fingerprint density at radius 3 is 2.38 bits per heavy atom. The Morgan fingerprint density at radius 2 is 1.65 bits per heavy atom. The molecule has 10 heteroatoms. The summed E-state index contributed by atoms with van der Waals surface area (Å²) < 4.78 is 19.2. The lowest BCUT2D eigenvalue weighted by molar-refractivity contribution is -0.133. The number of hydrogen-bond acceptors (Lipinski definition) is 7. The van der Waals surface area contributed by atoms with Crippen molar-refractivity contribution in [1.29, 1.82) is 0 Å². The van der Waals surface area contributed by atoms with Gasteiger partial charge in [0.25, 0.3) is 5.91 Å². The highest BCUT2D eigenvalue weighted by Gasteiger charge is 2.26. The van der Waals surface area contributed by atoms with Crippen LogP contribution in [0.3, 0.4) is 0 Å². The Kier molecular flexibility index (Phi) is 7.64. The fraction of sp³-hybridized carbons (Fsp3) is 0.333. The average Bonchev–Trinajstić information content (AvgIpc) is 3.50. The van der Waals surface area contributed by atoms with E-state index in [-0.39, 0.29) is 18.3 Å². The van der Waals surface area contributed by atoms with Gasteiger partial charge in [-0.25, -0.2) is 14.4 Å². The molecular weight excluding hydrogens is 531 g/mol. The summed E-state index contributed by atoms with van der Waals surface area (Å²) in [6.45, 7) is 2.25. The van der Waals surface area contributed by atoms with Gasteiger partial charge in [-0.2, -0.15) is 4.98 Å². The van der Waals surface area contributed by atoms with E-state index in [0.717, 1.165) is 35.4 Å². The maximum atomic E-state index is 13.5. The molecule has 8 nitrogen and oxygen atoms in total. The molecule has 1 saturated heterocycles. The minimum Gasteiger partial charge on any atom is -0.484 e.